The molecule has 1 heterocycles. The third kappa shape index (κ3) is 9.16. The van der Waals surface area contributed by atoms with Crippen LogP contribution in [0.5, 0.6) is 0 Å². The van der Waals surface area contributed by atoms with Crippen molar-refractivity contribution in [3.05, 3.63) is 47.5 Å². The molecule has 3 rings (SSSR count). The van der Waals surface area contributed by atoms with Crippen molar-refractivity contribution in [2.75, 3.05) is 0 Å². The highest BCUT2D eigenvalue weighted by Crippen LogP contribution is 2.34. The lowest BCUT2D eigenvalue weighted by Gasteiger charge is -2.28. The first-order valence-corrected chi connectivity index (χ1v) is 14.6. The molecule has 1 saturated carbocycles. The van der Waals surface area contributed by atoms with Gasteiger partial charge in [0.1, 0.15) is 5.82 Å². The van der Waals surface area contributed by atoms with E-state index in [1.54, 1.807) is 0 Å². The second-order valence-electron chi connectivity index (χ2n) is 10.9. The highest BCUT2D eigenvalue weighted by molar-refractivity contribution is 5.65. The van der Waals surface area contributed by atoms with Gasteiger partial charge in [-0.1, -0.05) is 122 Å². The molecule has 34 heavy (non-hydrogen) atoms. The van der Waals surface area contributed by atoms with Crippen LogP contribution in [0.25, 0.3) is 11.1 Å². The number of hydrogen-bond donors (Lipinski definition) is 0. The number of unbranched alkanes of at least 4 members (excludes halogenated alkanes) is 7. The summed E-state index contributed by atoms with van der Waals surface area (Å²) in [7, 11) is 0. The fraction of sp³-hybridized carbons (Fsp3) is 0.688. The number of aromatic nitrogens is 2. The normalized spacial score (nSPS) is 18.3. The molecule has 0 saturated heterocycles. The standard InChI is InChI=1S/C32H50N2/c1-4-6-8-9-10-12-14-28-19-22-30(23-20-28)31-25-33-32(34-26(31)3)24-21-29-17-15-27(16-18-29)13-11-7-5-2/h19-20,22-23,25,27,29H,4-18,21,24H2,1-3H3/t27-,29-. The van der Waals surface area contributed by atoms with E-state index in [1.807, 2.05) is 0 Å². The molecule has 0 bridgehead atoms. The second-order valence-corrected chi connectivity index (χ2v) is 10.9. The molecule has 1 fully saturated rings. The van der Waals surface area contributed by atoms with Crippen molar-refractivity contribution < 1.29 is 0 Å². The molecule has 0 radical (unpaired) electrons. The van der Waals surface area contributed by atoms with Crippen LogP contribution >= 0.6 is 0 Å². The highest BCUT2D eigenvalue weighted by atomic mass is 14.9. The zero-order valence-corrected chi connectivity index (χ0v) is 22.5. The van der Waals surface area contributed by atoms with E-state index >= 15 is 0 Å². The van der Waals surface area contributed by atoms with E-state index in [1.165, 1.54) is 119 Å². The number of hydrogen-bond acceptors (Lipinski definition) is 2. The van der Waals surface area contributed by atoms with Gasteiger partial charge >= 0.3 is 0 Å². The lowest BCUT2D eigenvalue weighted by molar-refractivity contribution is 0.248. The maximum Gasteiger partial charge on any atom is 0.128 e. The number of aryl methyl sites for hydroxylation is 3. The first-order valence-electron chi connectivity index (χ1n) is 14.6. The van der Waals surface area contributed by atoms with Gasteiger partial charge in [-0.2, -0.15) is 0 Å². The third-order valence-electron chi connectivity index (χ3n) is 8.07. The van der Waals surface area contributed by atoms with Crippen LogP contribution in [0.3, 0.4) is 0 Å². The lowest BCUT2D eigenvalue weighted by atomic mass is 9.78. The van der Waals surface area contributed by atoms with Crippen molar-refractivity contribution in [2.45, 2.75) is 130 Å². The monoisotopic (exact) mass is 462 g/mol. The summed E-state index contributed by atoms with van der Waals surface area (Å²) in [5, 5.41) is 0. The predicted octanol–water partition coefficient (Wildman–Crippen LogP) is 9.67. The van der Waals surface area contributed by atoms with Gasteiger partial charge in [0.15, 0.2) is 0 Å². The van der Waals surface area contributed by atoms with Gasteiger partial charge in [-0.25, -0.2) is 9.97 Å². The Kier molecular flexibility index (Phi) is 12.1. The Morgan fingerprint density at radius 3 is 2.00 bits per heavy atom. The van der Waals surface area contributed by atoms with E-state index in [0.29, 0.717) is 0 Å². The molecule has 2 nitrogen and oxygen atoms in total. The Morgan fingerprint density at radius 2 is 1.32 bits per heavy atom. The lowest BCUT2D eigenvalue weighted by Crippen LogP contribution is -2.15. The SMILES string of the molecule is CCCCCCCCc1ccc(-c2cnc(CC[C@H]3CC[C@H](CCCCC)CC3)nc2C)cc1. The largest absolute Gasteiger partial charge is 0.241 e. The van der Waals surface area contributed by atoms with Crippen LogP contribution in [0.15, 0.2) is 30.5 Å². The van der Waals surface area contributed by atoms with Gasteiger partial charge < -0.3 is 0 Å². The van der Waals surface area contributed by atoms with Crippen LogP contribution in [-0.4, -0.2) is 9.97 Å². The molecular weight excluding hydrogens is 412 g/mol. The summed E-state index contributed by atoms with van der Waals surface area (Å²) >= 11 is 0. The number of benzene rings is 1. The Balaban J connectivity index is 1.41. The van der Waals surface area contributed by atoms with Gasteiger partial charge in [0.25, 0.3) is 0 Å². The van der Waals surface area contributed by atoms with Gasteiger partial charge in [-0.05, 0) is 49.1 Å². The van der Waals surface area contributed by atoms with Crippen molar-refractivity contribution in [1.82, 2.24) is 9.97 Å². The molecule has 1 aliphatic rings. The molecular formula is C32H50N2. The maximum atomic E-state index is 4.90. The summed E-state index contributed by atoms with van der Waals surface area (Å²) in [6, 6.07) is 9.12. The molecule has 0 atom stereocenters. The van der Waals surface area contributed by atoms with Crippen LogP contribution in [0.1, 0.15) is 127 Å². The molecule has 0 amide bonds. The summed E-state index contributed by atoms with van der Waals surface area (Å²) in [5.74, 6) is 2.91. The minimum absolute atomic E-state index is 0.880. The summed E-state index contributed by atoms with van der Waals surface area (Å²) in [5.41, 5.74) is 5.00. The van der Waals surface area contributed by atoms with Crippen LogP contribution in [0, 0.1) is 18.8 Å². The number of rotatable bonds is 15. The molecule has 188 valence electrons. The molecule has 0 aliphatic heterocycles. The maximum absolute atomic E-state index is 4.90. The zero-order valence-electron chi connectivity index (χ0n) is 22.5. The van der Waals surface area contributed by atoms with Gasteiger partial charge in [0, 0.05) is 23.9 Å². The summed E-state index contributed by atoms with van der Waals surface area (Å²) in [6.45, 7) is 6.73. The summed E-state index contributed by atoms with van der Waals surface area (Å²) < 4.78 is 0. The first kappa shape index (κ1) is 26.9. The minimum Gasteiger partial charge on any atom is -0.241 e. The van der Waals surface area contributed by atoms with Crippen molar-refractivity contribution in [3.63, 3.8) is 0 Å². The van der Waals surface area contributed by atoms with E-state index in [4.69, 9.17) is 9.97 Å². The molecule has 1 aromatic heterocycles. The minimum atomic E-state index is 0.880. The van der Waals surface area contributed by atoms with Crippen LogP contribution in [-0.2, 0) is 12.8 Å². The van der Waals surface area contributed by atoms with E-state index in [0.717, 1.165) is 29.8 Å². The number of nitrogens with zero attached hydrogens (tertiary/aromatic N) is 2. The molecule has 0 N–H and O–H groups in total. The van der Waals surface area contributed by atoms with E-state index in [9.17, 15) is 0 Å². The molecule has 0 spiro atoms. The Bertz CT molecular complexity index is 802. The zero-order chi connectivity index (χ0) is 24.0. The smallest absolute Gasteiger partial charge is 0.128 e. The average molecular weight is 463 g/mol. The molecule has 2 aromatic rings. The summed E-state index contributed by atoms with van der Waals surface area (Å²) in [4.78, 5) is 9.66. The molecule has 1 aromatic carbocycles. The molecule has 0 unspecified atom stereocenters. The molecule has 2 heteroatoms. The fourth-order valence-electron chi connectivity index (χ4n) is 5.70. The Labute approximate surface area is 210 Å². The Morgan fingerprint density at radius 1 is 0.706 bits per heavy atom. The van der Waals surface area contributed by atoms with Crippen molar-refractivity contribution in [3.8, 4) is 11.1 Å². The topological polar surface area (TPSA) is 25.8 Å². The Hall–Kier alpha value is -1.70. The van der Waals surface area contributed by atoms with E-state index < -0.39 is 0 Å². The predicted molar refractivity (Wildman–Crippen MR) is 147 cm³/mol. The average Bonchev–Trinajstić information content (AvgIpc) is 2.86. The van der Waals surface area contributed by atoms with Crippen molar-refractivity contribution in [1.29, 1.82) is 0 Å². The molecule has 1 aliphatic carbocycles. The van der Waals surface area contributed by atoms with Crippen molar-refractivity contribution in [2.24, 2.45) is 11.8 Å². The first-order chi connectivity index (χ1) is 16.7. The van der Waals surface area contributed by atoms with Gasteiger partial charge in [-0.3, -0.25) is 0 Å². The highest BCUT2D eigenvalue weighted by Gasteiger charge is 2.21. The van der Waals surface area contributed by atoms with Gasteiger partial charge in [0.05, 0.1) is 0 Å². The third-order valence-corrected chi connectivity index (χ3v) is 8.07. The van der Waals surface area contributed by atoms with Crippen LogP contribution in [0.4, 0.5) is 0 Å². The van der Waals surface area contributed by atoms with Crippen molar-refractivity contribution >= 4 is 0 Å². The van der Waals surface area contributed by atoms with Gasteiger partial charge in [-0.15, -0.1) is 0 Å². The summed E-state index contributed by atoms with van der Waals surface area (Å²) in [6.07, 6.45) is 25.1. The van der Waals surface area contributed by atoms with E-state index in [-0.39, 0.29) is 0 Å². The quantitative estimate of drug-likeness (QED) is 0.246. The van der Waals surface area contributed by atoms with Crippen LogP contribution < -0.4 is 0 Å². The van der Waals surface area contributed by atoms with Crippen LogP contribution in [0.2, 0.25) is 0 Å². The van der Waals surface area contributed by atoms with E-state index in [2.05, 4.69) is 51.2 Å². The second kappa shape index (κ2) is 15.3. The fourth-order valence-corrected chi connectivity index (χ4v) is 5.70. The van der Waals surface area contributed by atoms with Gasteiger partial charge in [0.2, 0.25) is 0 Å².